The maximum Gasteiger partial charge on any atom is 0.410 e. The summed E-state index contributed by atoms with van der Waals surface area (Å²) in [5.41, 5.74) is 0.712. The molecule has 0 aromatic heterocycles. The van der Waals surface area contributed by atoms with Gasteiger partial charge in [-0.2, -0.15) is 0 Å². The SMILES string of the molecule is CC(C)(C)OC(=O)N1CCC(=O)[C@@H]2CN(Cc3ccccc3)C[C@H]21. The first-order valence-electron chi connectivity index (χ1n) is 8.62. The molecule has 0 N–H and O–H groups in total. The Morgan fingerprint density at radius 2 is 1.92 bits per heavy atom. The van der Waals surface area contributed by atoms with Crippen LogP contribution in [0.3, 0.4) is 0 Å². The molecule has 2 heterocycles. The first-order valence-corrected chi connectivity index (χ1v) is 8.62. The van der Waals surface area contributed by atoms with Gasteiger partial charge >= 0.3 is 6.09 Å². The molecule has 2 fully saturated rings. The minimum absolute atomic E-state index is 0.0650. The molecule has 5 nitrogen and oxygen atoms in total. The average molecular weight is 330 g/mol. The fraction of sp³-hybridized carbons (Fsp3) is 0.579. The van der Waals surface area contributed by atoms with Gasteiger partial charge in [-0.15, -0.1) is 0 Å². The molecular weight excluding hydrogens is 304 g/mol. The highest BCUT2D eigenvalue weighted by Crippen LogP contribution is 2.30. The standard InChI is InChI=1S/C19H26N2O3/c1-19(2,3)24-18(23)21-10-9-17(22)15-12-20(13-16(15)21)11-14-7-5-4-6-8-14/h4-8,15-16H,9-13H2,1-3H3/t15-,16-/m1/s1. The van der Waals surface area contributed by atoms with E-state index in [0.29, 0.717) is 13.0 Å². The minimum Gasteiger partial charge on any atom is -0.444 e. The van der Waals surface area contributed by atoms with Gasteiger partial charge in [0.15, 0.2) is 0 Å². The third kappa shape index (κ3) is 3.78. The summed E-state index contributed by atoms with van der Waals surface area (Å²) < 4.78 is 5.53. The zero-order chi connectivity index (χ0) is 17.3. The molecule has 2 atom stereocenters. The lowest BCUT2D eigenvalue weighted by Gasteiger charge is -2.37. The number of hydrogen-bond donors (Lipinski definition) is 0. The lowest BCUT2D eigenvalue weighted by Crippen LogP contribution is -2.53. The smallest absolute Gasteiger partial charge is 0.410 e. The van der Waals surface area contributed by atoms with Crippen LogP contribution in [0.1, 0.15) is 32.8 Å². The molecule has 0 radical (unpaired) electrons. The van der Waals surface area contributed by atoms with E-state index in [9.17, 15) is 9.59 Å². The Labute approximate surface area is 143 Å². The molecule has 1 aromatic carbocycles. The number of nitrogens with zero attached hydrogens (tertiary/aromatic N) is 2. The fourth-order valence-electron chi connectivity index (χ4n) is 3.60. The Balaban J connectivity index is 1.70. The Morgan fingerprint density at radius 1 is 1.21 bits per heavy atom. The summed E-state index contributed by atoms with van der Waals surface area (Å²) in [5, 5.41) is 0. The van der Waals surface area contributed by atoms with Crippen LogP contribution >= 0.6 is 0 Å². The van der Waals surface area contributed by atoms with Crippen molar-refractivity contribution in [1.29, 1.82) is 0 Å². The van der Waals surface area contributed by atoms with Crippen LogP contribution in [0, 0.1) is 5.92 Å². The van der Waals surface area contributed by atoms with E-state index in [2.05, 4.69) is 17.0 Å². The Bertz CT molecular complexity index is 609. The monoisotopic (exact) mass is 330 g/mol. The molecule has 2 saturated heterocycles. The fourth-order valence-corrected chi connectivity index (χ4v) is 3.60. The van der Waals surface area contributed by atoms with E-state index in [1.165, 1.54) is 5.56 Å². The van der Waals surface area contributed by atoms with E-state index < -0.39 is 5.60 Å². The molecule has 130 valence electrons. The third-order valence-corrected chi connectivity index (χ3v) is 4.65. The van der Waals surface area contributed by atoms with Crippen molar-refractivity contribution in [3.63, 3.8) is 0 Å². The number of ether oxygens (including phenoxy) is 1. The molecule has 0 bridgehead atoms. The average Bonchev–Trinajstić information content (AvgIpc) is 2.91. The van der Waals surface area contributed by atoms with Crippen molar-refractivity contribution in [3.8, 4) is 0 Å². The lowest BCUT2D eigenvalue weighted by atomic mass is 9.91. The molecule has 24 heavy (non-hydrogen) atoms. The molecule has 3 rings (SSSR count). The van der Waals surface area contributed by atoms with Crippen molar-refractivity contribution in [3.05, 3.63) is 35.9 Å². The van der Waals surface area contributed by atoms with Crippen LogP contribution in [-0.2, 0) is 16.1 Å². The van der Waals surface area contributed by atoms with Gasteiger partial charge in [0.2, 0.25) is 0 Å². The van der Waals surface area contributed by atoms with Crippen LogP contribution in [0.5, 0.6) is 0 Å². The van der Waals surface area contributed by atoms with Crippen LogP contribution in [0.4, 0.5) is 4.79 Å². The number of piperidine rings is 1. The van der Waals surface area contributed by atoms with E-state index in [4.69, 9.17) is 4.74 Å². The number of ketones is 1. The predicted octanol–water partition coefficient (Wildman–Crippen LogP) is 2.70. The number of amides is 1. The summed E-state index contributed by atoms with van der Waals surface area (Å²) in [7, 11) is 0. The number of Topliss-reactive ketones (excluding diaryl/α,β-unsaturated/α-hetero) is 1. The van der Waals surface area contributed by atoms with Crippen LogP contribution in [0.25, 0.3) is 0 Å². The molecule has 2 aliphatic heterocycles. The molecule has 0 unspecified atom stereocenters. The van der Waals surface area contributed by atoms with E-state index in [1.807, 2.05) is 39.0 Å². The molecule has 5 heteroatoms. The normalized spacial score (nSPS) is 24.8. The van der Waals surface area contributed by atoms with Gasteiger partial charge in [-0.05, 0) is 26.3 Å². The zero-order valence-corrected chi connectivity index (χ0v) is 14.7. The first-order chi connectivity index (χ1) is 11.3. The van der Waals surface area contributed by atoms with Crippen LogP contribution in [0.2, 0.25) is 0 Å². The van der Waals surface area contributed by atoms with Gasteiger partial charge in [0, 0.05) is 32.6 Å². The van der Waals surface area contributed by atoms with Crippen molar-refractivity contribution >= 4 is 11.9 Å². The van der Waals surface area contributed by atoms with Crippen molar-refractivity contribution in [2.75, 3.05) is 19.6 Å². The number of rotatable bonds is 2. The number of likely N-dealkylation sites (tertiary alicyclic amines) is 2. The first kappa shape index (κ1) is 17.0. The van der Waals surface area contributed by atoms with Gasteiger partial charge in [0.1, 0.15) is 11.4 Å². The highest BCUT2D eigenvalue weighted by atomic mass is 16.6. The van der Waals surface area contributed by atoms with E-state index in [0.717, 1.165) is 19.6 Å². The van der Waals surface area contributed by atoms with Crippen LogP contribution in [-0.4, -0.2) is 53.0 Å². The second-order valence-corrected chi connectivity index (χ2v) is 7.74. The summed E-state index contributed by atoms with van der Waals surface area (Å²) in [5.74, 6) is 0.186. The second kappa shape index (κ2) is 6.55. The van der Waals surface area contributed by atoms with Gasteiger partial charge < -0.3 is 9.64 Å². The van der Waals surface area contributed by atoms with Gasteiger partial charge in [-0.1, -0.05) is 30.3 Å². The van der Waals surface area contributed by atoms with E-state index >= 15 is 0 Å². The third-order valence-electron chi connectivity index (χ3n) is 4.65. The highest BCUT2D eigenvalue weighted by molar-refractivity contribution is 5.85. The number of carbonyl (C=O) groups is 2. The van der Waals surface area contributed by atoms with Crippen molar-refractivity contribution < 1.29 is 14.3 Å². The number of benzene rings is 1. The predicted molar refractivity (Wildman–Crippen MR) is 91.6 cm³/mol. The largest absolute Gasteiger partial charge is 0.444 e. The molecule has 0 aliphatic carbocycles. The molecule has 1 amide bonds. The molecular formula is C19H26N2O3. The Kier molecular flexibility index (Phi) is 4.63. The Hall–Kier alpha value is -1.88. The summed E-state index contributed by atoms with van der Waals surface area (Å²) in [6.07, 6.45) is 0.131. The van der Waals surface area contributed by atoms with Gasteiger partial charge in [0.05, 0.1) is 12.0 Å². The maximum atomic E-state index is 12.5. The van der Waals surface area contributed by atoms with E-state index in [-0.39, 0.29) is 23.8 Å². The number of carbonyl (C=O) groups excluding carboxylic acids is 2. The van der Waals surface area contributed by atoms with Crippen molar-refractivity contribution in [2.45, 2.75) is 45.4 Å². The summed E-state index contributed by atoms with van der Waals surface area (Å²) in [4.78, 5) is 28.9. The van der Waals surface area contributed by atoms with Crippen LogP contribution < -0.4 is 0 Å². The summed E-state index contributed by atoms with van der Waals surface area (Å²) >= 11 is 0. The molecule has 2 aliphatic rings. The summed E-state index contributed by atoms with van der Waals surface area (Å²) in [6.45, 7) is 8.33. The minimum atomic E-state index is -0.517. The molecule has 1 aromatic rings. The van der Waals surface area contributed by atoms with Crippen LogP contribution in [0.15, 0.2) is 30.3 Å². The summed E-state index contributed by atoms with van der Waals surface area (Å²) in [6, 6.07) is 10.2. The quantitative estimate of drug-likeness (QED) is 0.836. The highest BCUT2D eigenvalue weighted by Gasteiger charge is 2.46. The Morgan fingerprint density at radius 3 is 2.58 bits per heavy atom. The van der Waals surface area contributed by atoms with Crippen molar-refractivity contribution in [2.24, 2.45) is 5.92 Å². The topological polar surface area (TPSA) is 49.9 Å². The zero-order valence-electron chi connectivity index (χ0n) is 14.7. The second-order valence-electron chi connectivity index (χ2n) is 7.74. The van der Waals surface area contributed by atoms with Crippen molar-refractivity contribution in [1.82, 2.24) is 9.80 Å². The maximum absolute atomic E-state index is 12.5. The lowest BCUT2D eigenvalue weighted by molar-refractivity contribution is -0.126. The van der Waals surface area contributed by atoms with Gasteiger partial charge in [0.25, 0.3) is 0 Å². The molecule has 0 spiro atoms. The van der Waals surface area contributed by atoms with Gasteiger partial charge in [-0.25, -0.2) is 4.79 Å². The molecule has 0 saturated carbocycles. The number of fused-ring (bicyclic) bond motifs is 1. The van der Waals surface area contributed by atoms with Gasteiger partial charge in [-0.3, -0.25) is 9.69 Å². The number of hydrogen-bond acceptors (Lipinski definition) is 4. The van der Waals surface area contributed by atoms with E-state index in [1.54, 1.807) is 4.90 Å².